The van der Waals surface area contributed by atoms with Crippen molar-refractivity contribution < 1.29 is 26.7 Å². The number of nitrogens with two attached hydrogens (primary N) is 1. The summed E-state index contributed by atoms with van der Waals surface area (Å²) in [6.45, 7) is 0.333. The van der Waals surface area contributed by atoms with Crippen molar-refractivity contribution in [2.24, 2.45) is 5.73 Å². The minimum Gasteiger partial charge on any atom is -0.494 e. The SMILES string of the molecule is COc1cccc(-c2c(C)n(Cc3c(F)cccc3C(F)(F)F)c(=O)n(C[C@H](NC[C@@H](N)c3ccccc3)c3ccccc3)c2=O)c1F. The van der Waals surface area contributed by atoms with Gasteiger partial charge in [0.1, 0.15) is 5.82 Å². The van der Waals surface area contributed by atoms with Crippen LogP contribution in [-0.2, 0) is 19.3 Å². The van der Waals surface area contributed by atoms with Crippen molar-refractivity contribution in [2.45, 2.75) is 38.3 Å². The second-order valence-corrected chi connectivity index (χ2v) is 11.2. The number of rotatable bonds is 11. The number of aromatic nitrogens is 2. The van der Waals surface area contributed by atoms with Crippen LogP contribution < -0.4 is 27.0 Å². The fraction of sp³-hybridized carbons (Fsp3) is 0.222. The molecule has 3 N–H and O–H groups in total. The summed E-state index contributed by atoms with van der Waals surface area (Å²) in [5, 5.41) is 3.31. The third-order valence-corrected chi connectivity index (χ3v) is 8.26. The maximum absolute atomic E-state index is 15.7. The van der Waals surface area contributed by atoms with Gasteiger partial charge in [-0.15, -0.1) is 0 Å². The smallest absolute Gasteiger partial charge is 0.416 e. The van der Waals surface area contributed by atoms with Crippen molar-refractivity contribution in [1.29, 1.82) is 0 Å². The van der Waals surface area contributed by atoms with Gasteiger partial charge in [-0.05, 0) is 36.2 Å². The molecule has 0 spiro atoms. The van der Waals surface area contributed by atoms with E-state index in [1.807, 2.05) is 30.3 Å². The third kappa shape index (κ3) is 7.09. The molecule has 2 atom stereocenters. The number of nitrogens with one attached hydrogen (secondary N) is 1. The predicted octanol–water partition coefficient (Wildman–Crippen LogP) is 6.37. The zero-order valence-electron chi connectivity index (χ0n) is 26.1. The van der Waals surface area contributed by atoms with Gasteiger partial charge in [0.05, 0.1) is 37.4 Å². The minimum absolute atomic E-state index is 0.153. The van der Waals surface area contributed by atoms with Crippen molar-refractivity contribution in [2.75, 3.05) is 13.7 Å². The summed E-state index contributed by atoms with van der Waals surface area (Å²) in [6, 6.07) is 23.5. The van der Waals surface area contributed by atoms with E-state index in [1.165, 1.54) is 32.2 Å². The number of methoxy groups -OCH3 is 1. The second-order valence-electron chi connectivity index (χ2n) is 11.2. The molecule has 5 aromatic rings. The zero-order valence-corrected chi connectivity index (χ0v) is 26.1. The van der Waals surface area contributed by atoms with Gasteiger partial charge >= 0.3 is 11.9 Å². The minimum atomic E-state index is -4.94. The topological polar surface area (TPSA) is 91.3 Å². The van der Waals surface area contributed by atoms with Gasteiger partial charge < -0.3 is 15.8 Å². The number of benzene rings is 4. The lowest BCUT2D eigenvalue weighted by Crippen LogP contribution is -2.45. The normalized spacial score (nSPS) is 12.9. The van der Waals surface area contributed by atoms with E-state index < -0.39 is 58.8 Å². The van der Waals surface area contributed by atoms with E-state index in [2.05, 4.69) is 5.32 Å². The Morgan fingerprint density at radius 2 is 1.46 bits per heavy atom. The summed E-state index contributed by atoms with van der Waals surface area (Å²) < 4.78 is 79.5. The molecule has 0 bridgehead atoms. The number of nitrogens with zero attached hydrogens (tertiary/aromatic N) is 2. The molecule has 1 aromatic heterocycles. The van der Waals surface area contributed by atoms with Crippen molar-refractivity contribution in [3.8, 4) is 16.9 Å². The Labute approximate surface area is 273 Å². The molecular formula is C36H33F5N4O3. The fourth-order valence-corrected chi connectivity index (χ4v) is 5.71. The Kier molecular flexibility index (Phi) is 10.3. The van der Waals surface area contributed by atoms with Gasteiger partial charge in [0.25, 0.3) is 5.56 Å². The molecule has 0 saturated heterocycles. The van der Waals surface area contributed by atoms with Crippen molar-refractivity contribution in [3.63, 3.8) is 0 Å². The molecule has 0 aliphatic rings. The molecule has 0 aliphatic heterocycles. The molecule has 48 heavy (non-hydrogen) atoms. The summed E-state index contributed by atoms with van der Waals surface area (Å²) in [7, 11) is 1.24. The Balaban J connectivity index is 1.69. The van der Waals surface area contributed by atoms with E-state index in [9.17, 15) is 22.8 Å². The van der Waals surface area contributed by atoms with E-state index >= 15 is 8.78 Å². The highest BCUT2D eigenvalue weighted by Crippen LogP contribution is 2.34. The number of hydrogen-bond donors (Lipinski definition) is 2. The maximum atomic E-state index is 15.7. The van der Waals surface area contributed by atoms with Crippen molar-refractivity contribution in [3.05, 3.63) is 157 Å². The molecule has 250 valence electrons. The molecule has 0 amide bonds. The first-order chi connectivity index (χ1) is 22.9. The van der Waals surface area contributed by atoms with Crippen molar-refractivity contribution in [1.82, 2.24) is 14.5 Å². The Morgan fingerprint density at radius 1 is 0.833 bits per heavy atom. The molecule has 0 fully saturated rings. The van der Waals surface area contributed by atoms with Crippen LogP contribution in [-0.4, -0.2) is 22.8 Å². The highest BCUT2D eigenvalue weighted by Gasteiger charge is 2.35. The first-order valence-corrected chi connectivity index (χ1v) is 15.0. The number of hydrogen-bond acceptors (Lipinski definition) is 5. The van der Waals surface area contributed by atoms with E-state index in [0.29, 0.717) is 11.6 Å². The van der Waals surface area contributed by atoms with E-state index in [-0.39, 0.29) is 35.7 Å². The zero-order chi connectivity index (χ0) is 34.6. The van der Waals surface area contributed by atoms with Crippen LogP contribution in [0.15, 0.2) is 107 Å². The van der Waals surface area contributed by atoms with Crippen molar-refractivity contribution >= 4 is 0 Å². The lowest BCUT2D eigenvalue weighted by atomic mass is 10.0. The number of alkyl halides is 3. The molecule has 1 heterocycles. The van der Waals surface area contributed by atoms with Crippen LogP contribution in [0.4, 0.5) is 22.0 Å². The van der Waals surface area contributed by atoms with Crippen LogP contribution in [0.3, 0.4) is 0 Å². The van der Waals surface area contributed by atoms with Crippen LogP contribution in [0.2, 0.25) is 0 Å². The Hall–Kier alpha value is -5.07. The average molecular weight is 665 g/mol. The molecule has 7 nitrogen and oxygen atoms in total. The first-order valence-electron chi connectivity index (χ1n) is 15.0. The molecular weight excluding hydrogens is 631 g/mol. The lowest BCUT2D eigenvalue weighted by molar-refractivity contribution is -0.138. The quantitative estimate of drug-likeness (QED) is 0.160. The number of ether oxygens (including phenoxy) is 1. The van der Waals surface area contributed by atoms with Gasteiger partial charge in [-0.2, -0.15) is 13.2 Å². The average Bonchev–Trinajstić information content (AvgIpc) is 3.08. The summed E-state index contributed by atoms with van der Waals surface area (Å²) in [4.78, 5) is 28.4. The monoisotopic (exact) mass is 664 g/mol. The summed E-state index contributed by atoms with van der Waals surface area (Å²) in [6.07, 6.45) is -4.94. The highest BCUT2D eigenvalue weighted by atomic mass is 19.4. The largest absolute Gasteiger partial charge is 0.494 e. The third-order valence-electron chi connectivity index (χ3n) is 8.26. The van der Waals surface area contributed by atoms with Gasteiger partial charge in [0.15, 0.2) is 11.6 Å². The predicted molar refractivity (Wildman–Crippen MR) is 173 cm³/mol. The van der Waals surface area contributed by atoms with Crippen LogP contribution in [0.1, 0.15) is 40.0 Å². The van der Waals surface area contributed by atoms with Gasteiger partial charge in [-0.1, -0.05) is 78.9 Å². The molecule has 5 rings (SSSR count). The summed E-state index contributed by atoms with van der Waals surface area (Å²) in [5.74, 6) is -2.30. The molecule has 4 aromatic carbocycles. The van der Waals surface area contributed by atoms with E-state index in [4.69, 9.17) is 10.5 Å². The highest BCUT2D eigenvalue weighted by molar-refractivity contribution is 5.67. The van der Waals surface area contributed by atoms with Gasteiger partial charge in [0, 0.05) is 29.4 Å². The number of halogens is 5. The second kappa shape index (κ2) is 14.4. The van der Waals surface area contributed by atoms with E-state index in [0.717, 1.165) is 26.8 Å². The molecule has 0 saturated carbocycles. The molecule has 12 heteroatoms. The molecule has 0 radical (unpaired) electrons. The Bertz CT molecular complexity index is 2010. The Morgan fingerprint density at radius 3 is 2.08 bits per heavy atom. The van der Waals surface area contributed by atoms with Crippen LogP contribution in [0.25, 0.3) is 11.1 Å². The lowest BCUT2D eigenvalue weighted by Gasteiger charge is -2.25. The van der Waals surface area contributed by atoms with E-state index in [1.54, 1.807) is 30.3 Å². The summed E-state index contributed by atoms with van der Waals surface area (Å²) in [5.41, 5.74) is 3.30. The van der Waals surface area contributed by atoms with Crippen LogP contribution in [0, 0.1) is 18.6 Å². The standard InChI is InChI=1S/C36H33F5N4O3/c1-22-32(25-15-9-18-31(48-2)33(25)38)34(46)45(35(47)44(22)20-26-27(36(39,40)41)16-10-17-28(26)37)21-30(24-13-7-4-8-14-24)43-19-29(42)23-11-5-3-6-12-23/h3-18,29-30,43H,19-21,42H2,1-2H3/t29-,30+/m1/s1. The van der Waals surface area contributed by atoms with Gasteiger partial charge in [-0.25, -0.2) is 13.6 Å². The fourth-order valence-electron chi connectivity index (χ4n) is 5.71. The van der Waals surface area contributed by atoms with Gasteiger partial charge in [-0.3, -0.25) is 13.9 Å². The molecule has 0 unspecified atom stereocenters. The maximum Gasteiger partial charge on any atom is 0.416 e. The van der Waals surface area contributed by atoms with Gasteiger partial charge in [0.2, 0.25) is 0 Å². The molecule has 0 aliphatic carbocycles. The van der Waals surface area contributed by atoms with Crippen LogP contribution in [0.5, 0.6) is 5.75 Å². The summed E-state index contributed by atoms with van der Waals surface area (Å²) >= 11 is 0. The first kappa shape index (κ1) is 34.3. The van der Waals surface area contributed by atoms with Crippen LogP contribution >= 0.6 is 0 Å².